The highest BCUT2D eigenvalue weighted by Crippen LogP contribution is 2.26. The van der Waals surface area contributed by atoms with Gasteiger partial charge in [0, 0.05) is 22.8 Å². The number of aldehydes is 1. The molecule has 1 N–H and O–H groups in total. The minimum atomic E-state index is -3.33. The number of nitrogens with zero attached hydrogens (tertiary/aromatic N) is 2. The topological polar surface area (TPSA) is 81.1 Å². The molecule has 0 radical (unpaired) electrons. The number of halogens is 2. The summed E-state index contributed by atoms with van der Waals surface area (Å²) in [6, 6.07) is 13.7. The lowest BCUT2D eigenvalue weighted by Crippen LogP contribution is -2.09. The van der Waals surface area contributed by atoms with E-state index in [0.717, 1.165) is 17.5 Å². The zero-order chi connectivity index (χ0) is 19.6. The van der Waals surface area contributed by atoms with Crippen molar-refractivity contribution in [3.63, 3.8) is 0 Å². The third kappa shape index (κ3) is 4.88. The summed E-state index contributed by atoms with van der Waals surface area (Å²) in [6.07, 6.45) is 2.23. The zero-order valence-corrected chi connectivity index (χ0v) is 16.5. The second-order valence-electron chi connectivity index (χ2n) is 5.93. The molecular formula is C18H15Cl2N3O3S. The molecule has 0 atom stereocenters. The van der Waals surface area contributed by atoms with Crippen LogP contribution in [0.25, 0.3) is 5.69 Å². The number of sulfonamides is 1. The minimum absolute atomic E-state index is 0.284. The van der Waals surface area contributed by atoms with Crippen LogP contribution in [0.4, 0.5) is 5.69 Å². The van der Waals surface area contributed by atoms with Crippen molar-refractivity contribution in [1.29, 1.82) is 0 Å². The minimum Gasteiger partial charge on any atom is -0.296 e. The first-order valence-corrected chi connectivity index (χ1v) is 10.5. The number of hydrogen-bond donors (Lipinski definition) is 1. The molecule has 27 heavy (non-hydrogen) atoms. The molecule has 6 nitrogen and oxygen atoms in total. The smallest absolute Gasteiger partial charge is 0.229 e. The van der Waals surface area contributed by atoms with E-state index in [2.05, 4.69) is 9.82 Å². The summed E-state index contributed by atoms with van der Waals surface area (Å²) in [5.41, 5.74) is 3.04. The number of rotatable bonds is 6. The Labute approximate surface area is 166 Å². The molecule has 1 aromatic heterocycles. The first-order chi connectivity index (χ1) is 12.7. The van der Waals surface area contributed by atoms with E-state index < -0.39 is 10.0 Å². The summed E-state index contributed by atoms with van der Waals surface area (Å²) >= 11 is 12.2. The Morgan fingerprint density at radius 3 is 2.41 bits per heavy atom. The molecule has 0 aliphatic heterocycles. The summed E-state index contributed by atoms with van der Waals surface area (Å²) < 4.78 is 26.6. The fourth-order valence-corrected chi connectivity index (χ4v) is 3.65. The van der Waals surface area contributed by atoms with Crippen LogP contribution in [0.5, 0.6) is 0 Å². The quantitative estimate of drug-likeness (QED) is 0.608. The van der Waals surface area contributed by atoms with Gasteiger partial charge < -0.3 is 0 Å². The van der Waals surface area contributed by atoms with Gasteiger partial charge in [-0.05, 0) is 42.0 Å². The maximum absolute atomic E-state index is 11.3. The van der Waals surface area contributed by atoms with Crippen molar-refractivity contribution in [3.8, 4) is 5.69 Å². The second-order valence-corrected chi connectivity index (χ2v) is 8.53. The molecule has 140 valence electrons. The predicted octanol–water partition coefficient (Wildman–Crippen LogP) is 3.95. The Hall–Kier alpha value is -2.35. The summed E-state index contributed by atoms with van der Waals surface area (Å²) in [5.74, 6) is 0. The van der Waals surface area contributed by atoms with Gasteiger partial charge in [-0.25, -0.2) is 13.1 Å². The number of carbonyl (C=O) groups excluding carboxylic acids is 1. The van der Waals surface area contributed by atoms with E-state index in [1.54, 1.807) is 53.2 Å². The van der Waals surface area contributed by atoms with E-state index in [-0.39, 0.29) is 5.69 Å². The van der Waals surface area contributed by atoms with Gasteiger partial charge in [-0.1, -0.05) is 35.3 Å². The monoisotopic (exact) mass is 423 g/mol. The van der Waals surface area contributed by atoms with Crippen LogP contribution >= 0.6 is 23.2 Å². The van der Waals surface area contributed by atoms with Crippen LogP contribution < -0.4 is 4.72 Å². The van der Waals surface area contributed by atoms with E-state index in [0.29, 0.717) is 34.1 Å². The van der Waals surface area contributed by atoms with Crippen LogP contribution in [0.15, 0.2) is 48.5 Å². The van der Waals surface area contributed by atoms with Crippen molar-refractivity contribution < 1.29 is 13.2 Å². The number of benzene rings is 2. The summed E-state index contributed by atoms with van der Waals surface area (Å²) in [5, 5.41) is 5.20. The molecule has 0 amide bonds. The Morgan fingerprint density at radius 1 is 1.11 bits per heavy atom. The van der Waals surface area contributed by atoms with Gasteiger partial charge in [0.05, 0.1) is 17.0 Å². The van der Waals surface area contributed by atoms with Crippen molar-refractivity contribution in [2.45, 2.75) is 6.42 Å². The molecule has 0 bridgehead atoms. The highest BCUT2D eigenvalue weighted by Gasteiger charge is 2.13. The van der Waals surface area contributed by atoms with E-state index in [1.165, 1.54) is 0 Å². The Balaban J connectivity index is 1.93. The third-order valence-electron chi connectivity index (χ3n) is 3.70. The van der Waals surface area contributed by atoms with Gasteiger partial charge in [-0.15, -0.1) is 0 Å². The van der Waals surface area contributed by atoms with E-state index >= 15 is 0 Å². The molecule has 0 unspecified atom stereocenters. The van der Waals surface area contributed by atoms with Crippen LogP contribution in [-0.2, 0) is 16.4 Å². The second kappa shape index (κ2) is 7.72. The van der Waals surface area contributed by atoms with Crippen molar-refractivity contribution in [2.24, 2.45) is 0 Å². The van der Waals surface area contributed by atoms with E-state index in [9.17, 15) is 13.2 Å². The van der Waals surface area contributed by atoms with Gasteiger partial charge >= 0.3 is 0 Å². The largest absolute Gasteiger partial charge is 0.296 e. The average molecular weight is 424 g/mol. The molecule has 0 spiro atoms. The third-order valence-corrected chi connectivity index (χ3v) is 4.85. The summed E-state index contributed by atoms with van der Waals surface area (Å²) in [4.78, 5) is 11.2. The fraction of sp³-hybridized carbons (Fsp3) is 0.111. The molecule has 0 aliphatic rings. The number of hydrogen-bond acceptors (Lipinski definition) is 4. The Bertz CT molecular complexity index is 1090. The number of aromatic nitrogens is 2. The zero-order valence-electron chi connectivity index (χ0n) is 14.2. The predicted molar refractivity (Wildman–Crippen MR) is 107 cm³/mol. The Kier molecular flexibility index (Phi) is 5.55. The van der Waals surface area contributed by atoms with Crippen LogP contribution in [0.3, 0.4) is 0 Å². The van der Waals surface area contributed by atoms with Crippen LogP contribution in [0, 0.1) is 0 Å². The van der Waals surface area contributed by atoms with Crippen LogP contribution in [-0.4, -0.2) is 30.7 Å². The molecule has 3 aromatic rings. The normalized spacial score (nSPS) is 11.4. The molecule has 1 heterocycles. The SMILES string of the molecule is CS(=O)(=O)Nc1ccc(Cc2cc(C=O)nn2-c2ccc(Cl)cc2Cl)cc1. The molecule has 0 saturated carbocycles. The first-order valence-electron chi connectivity index (χ1n) is 7.81. The number of anilines is 1. The number of carbonyl (C=O) groups is 1. The average Bonchev–Trinajstić information content (AvgIpc) is 2.98. The van der Waals surface area contributed by atoms with Gasteiger partial charge in [0.2, 0.25) is 10.0 Å². The van der Waals surface area contributed by atoms with E-state index in [4.69, 9.17) is 23.2 Å². The van der Waals surface area contributed by atoms with Gasteiger partial charge in [0.25, 0.3) is 0 Å². The van der Waals surface area contributed by atoms with E-state index in [1.807, 2.05) is 0 Å². The van der Waals surface area contributed by atoms with Gasteiger partial charge in [0.1, 0.15) is 5.69 Å². The van der Waals surface area contributed by atoms with Crippen molar-refractivity contribution in [3.05, 3.63) is 75.5 Å². The van der Waals surface area contributed by atoms with Gasteiger partial charge in [-0.2, -0.15) is 5.10 Å². The lowest BCUT2D eigenvalue weighted by molar-refractivity contribution is 0.111. The Morgan fingerprint density at radius 2 is 1.81 bits per heavy atom. The molecule has 2 aromatic carbocycles. The van der Waals surface area contributed by atoms with Crippen molar-refractivity contribution in [2.75, 3.05) is 11.0 Å². The molecule has 0 saturated heterocycles. The lowest BCUT2D eigenvalue weighted by atomic mass is 10.1. The first kappa shape index (κ1) is 19.4. The maximum atomic E-state index is 11.3. The van der Waals surface area contributed by atoms with Crippen molar-refractivity contribution in [1.82, 2.24) is 9.78 Å². The summed E-state index contributed by atoms with van der Waals surface area (Å²) in [6.45, 7) is 0. The highest BCUT2D eigenvalue weighted by atomic mass is 35.5. The lowest BCUT2D eigenvalue weighted by Gasteiger charge is -2.10. The molecule has 3 rings (SSSR count). The molecule has 9 heteroatoms. The molecular weight excluding hydrogens is 409 g/mol. The maximum Gasteiger partial charge on any atom is 0.229 e. The standard InChI is InChI=1S/C18H15Cl2N3O3S/c1-27(25,26)22-14-5-2-12(3-6-14)8-16-10-15(11-24)21-23(16)18-7-4-13(19)9-17(18)20/h2-7,9-11,22H,8H2,1H3. The van der Waals surface area contributed by atoms with Crippen LogP contribution in [0.1, 0.15) is 21.7 Å². The molecule has 0 aliphatic carbocycles. The van der Waals surface area contributed by atoms with Gasteiger partial charge in [-0.3, -0.25) is 9.52 Å². The summed E-state index contributed by atoms with van der Waals surface area (Å²) in [7, 11) is -3.33. The van der Waals surface area contributed by atoms with Crippen molar-refractivity contribution >= 4 is 45.2 Å². The number of nitrogens with one attached hydrogen (secondary N) is 1. The highest BCUT2D eigenvalue weighted by molar-refractivity contribution is 7.92. The van der Waals surface area contributed by atoms with Gasteiger partial charge in [0.15, 0.2) is 6.29 Å². The van der Waals surface area contributed by atoms with Crippen LogP contribution in [0.2, 0.25) is 10.0 Å². The molecule has 0 fully saturated rings. The fourth-order valence-electron chi connectivity index (χ4n) is 2.60.